The van der Waals surface area contributed by atoms with Gasteiger partial charge >= 0.3 is 0 Å². The van der Waals surface area contributed by atoms with Crippen molar-refractivity contribution in [2.75, 3.05) is 5.32 Å². The lowest BCUT2D eigenvalue weighted by Gasteiger charge is -2.04. The molecular formula is C15H10BrClN2O3. The van der Waals surface area contributed by atoms with Crippen molar-refractivity contribution in [3.05, 3.63) is 73.7 Å². The Labute approximate surface area is 139 Å². The van der Waals surface area contributed by atoms with E-state index in [2.05, 4.69) is 21.2 Å². The highest BCUT2D eigenvalue weighted by Gasteiger charge is 2.10. The highest BCUT2D eigenvalue weighted by molar-refractivity contribution is 9.10. The molecule has 1 N–H and O–H groups in total. The number of benzene rings is 2. The van der Waals surface area contributed by atoms with Crippen molar-refractivity contribution in [1.82, 2.24) is 0 Å². The minimum atomic E-state index is -0.505. The average molecular weight is 382 g/mol. The van der Waals surface area contributed by atoms with Gasteiger partial charge in [0.15, 0.2) is 0 Å². The lowest BCUT2D eigenvalue weighted by molar-refractivity contribution is -0.384. The molecule has 0 spiro atoms. The van der Waals surface area contributed by atoms with Crippen molar-refractivity contribution in [3.8, 4) is 0 Å². The maximum absolute atomic E-state index is 11.9. The van der Waals surface area contributed by atoms with Gasteiger partial charge in [0.1, 0.15) is 0 Å². The Hall–Kier alpha value is -2.18. The van der Waals surface area contributed by atoms with Gasteiger partial charge in [0.25, 0.3) is 5.69 Å². The molecule has 0 heterocycles. The summed E-state index contributed by atoms with van der Waals surface area (Å²) in [7, 11) is 0. The molecule has 2 rings (SSSR count). The molecular weight excluding hydrogens is 372 g/mol. The molecule has 22 heavy (non-hydrogen) atoms. The summed E-state index contributed by atoms with van der Waals surface area (Å²) in [5.41, 5.74) is 1.19. The second kappa shape index (κ2) is 7.20. The molecule has 0 saturated heterocycles. The minimum absolute atomic E-state index is 0.0562. The van der Waals surface area contributed by atoms with Crippen LogP contribution in [0.15, 0.2) is 53.0 Å². The second-order valence-corrected chi connectivity index (χ2v) is 5.59. The van der Waals surface area contributed by atoms with Crippen LogP contribution < -0.4 is 5.32 Å². The summed E-state index contributed by atoms with van der Waals surface area (Å²) in [6, 6.07) is 11.2. The smallest absolute Gasteiger partial charge is 0.270 e. The van der Waals surface area contributed by atoms with Crippen LogP contribution in [0.1, 0.15) is 5.56 Å². The number of halogens is 2. The van der Waals surface area contributed by atoms with Crippen LogP contribution in [0.5, 0.6) is 0 Å². The monoisotopic (exact) mass is 380 g/mol. The number of anilines is 1. The molecule has 0 atom stereocenters. The van der Waals surface area contributed by atoms with E-state index >= 15 is 0 Å². The van der Waals surface area contributed by atoms with Crippen LogP contribution in [-0.4, -0.2) is 10.8 Å². The number of amides is 1. The van der Waals surface area contributed by atoms with E-state index in [9.17, 15) is 14.9 Å². The van der Waals surface area contributed by atoms with E-state index in [1.807, 2.05) is 6.07 Å². The third-order valence-corrected chi connectivity index (χ3v) is 3.59. The molecule has 0 fully saturated rings. The number of carbonyl (C=O) groups excluding carboxylic acids is 1. The summed E-state index contributed by atoms with van der Waals surface area (Å²) >= 11 is 9.04. The van der Waals surface area contributed by atoms with Gasteiger partial charge in [-0.05, 0) is 45.8 Å². The van der Waals surface area contributed by atoms with E-state index in [1.165, 1.54) is 24.3 Å². The molecule has 0 saturated carbocycles. The summed E-state index contributed by atoms with van der Waals surface area (Å²) in [4.78, 5) is 22.0. The lowest BCUT2D eigenvalue weighted by Crippen LogP contribution is -2.08. The van der Waals surface area contributed by atoms with Gasteiger partial charge in [-0.3, -0.25) is 14.9 Å². The molecule has 112 valence electrons. The molecule has 7 heteroatoms. The van der Waals surface area contributed by atoms with Gasteiger partial charge < -0.3 is 5.32 Å². The maximum atomic E-state index is 11.9. The standard InChI is InChI=1S/C15H10BrClN2O3/c16-13-9-12(19(21)22)5-6-14(13)18-15(20)7-4-10-2-1-3-11(17)8-10/h1-9H,(H,18,20)/b7-4+. The highest BCUT2D eigenvalue weighted by Crippen LogP contribution is 2.27. The molecule has 0 aromatic heterocycles. The fraction of sp³-hybridized carbons (Fsp3) is 0. The molecule has 0 aliphatic heterocycles. The number of nitro groups is 1. The van der Waals surface area contributed by atoms with Gasteiger partial charge in [-0.25, -0.2) is 0 Å². The molecule has 1 amide bonds. The molecule has 2 aromatic carbocycles. The van der Waals surface area contributed by atoms with Gasteiger partial charge in [0.2, 0.25) is 5.91 Å². The van der Waals surface area contributed by atoms with Crippen LogP contribution >= 0.6 is 27.5 Å². The Morgan fingerprint density at radius 2 is 2.05 bits per heavy atom. The summed E-state index contributed by atoms with van der Waals surface area (Å²) in [6.45, 7) is 0. The van der Waals surface area contributed by atoms with Crippen molar-refractivity contribution >= 4 is 50.9 Å². The molecule has 0 radical (unpaired) electrons. The molecule has 0 unspecified atom stereocenters. The SMILES string of the molecule is O=C(/C=C/c1cccc(Cl)c1)Nc1ccc([N+](=O)[O-])cc1Br. The van der Waals surface area contributed by atoms with Crippen LogP contribution in [0.25, 0.3) is 6.08 Å². The summed E-state index contributed by atoms with van der Waals surface area (Å²) in [5, 5.41) is 13.9. The van der Waals surface area contributed by atoms with Crippen LogP contribution in [0.2, 0.25) is 5.02 Å². The molecule has 5 nitrogen and oxygen atoms in total. The van der Waals surface area contributed by atoms with Crippen molar-refractivity contribution in [1.29, 1.82) is 0 Å². The molecule has 2 aromatic rings. The zero-order chi connectivity index (χ0) is 16.1. The van der Waals surface area contributed by atoms with Crippen LogP contribution in [0.4, 0.5) is 11.4 Å². The largest absolute Gasteiger partial charge is 0.321 e. The predicted octanol–water partition coefficient (Wildman–Crippen LogP) is 4.66. The van der Waals surface area contributed by atoms with Gasteiger partial charge in [-0.15, -0.1) is 0 Å². The highest BCUT2D eigenvalue weighted by atomic mass is 79.9. The maximum Gasteiger partial charge on any atom is 0.270 e. The topological polar surface area (TPSA) is 72.2 Å². The van der Waals surface area contributed by atoms with E-state index in [-0.39, 0.29) is 11.6 Å². The van der Waals surface area contributed by atoms with E-state index in [0.29, 0.717) is 15.2 Å². The Balaban J connectivity index is 2.07. The Bertz CT molecular complexity index is 762. The number of non-ortho nitro benzene ring substituents is 1. The molecule has 0 aliphatic rings. The Morgan fingerprint density at radius 3 is 2.68 bits per heavy atom. The number of nitro benzene ring substituents is 1. The third-order valence-electron chi connectivity index (χ3n) is 2.70. The van der Waals surface area contributed by atoms with Crippen molar-refractivity contribution in [3.63, 3.8) is 0 Å². The minimum Gasteiger partial charge on any atom is -0.321 e. The van der Waals surface area contributed by atoms with Crippen molar-refractivity contribution in [2.24, 2.45) is 0 Å². The summed E-state index contributed by atoms with van der Waals surface area (Å²) in [6.07, 6.45) is 2.99. The molecule has 0 bridgehead atoms. The quantitative estimate of drug-likeness (QED) is 0.475. The van der Waals surface area contributed by atoms with E-state index in [4.69, 9.17) is 11.6 Å². The first kappa shape index (κ1) is 16.2. The zero-order valence-electron chi connectivity index (χ0n) is 11.1. The summed E-state index contributed by atoms with van der Waals surface area (Å²) in [5.74, 6) is -0.352. The number of hydrogen-bond acceptors (Lipinski definition) is 3. The van der Waals surface area contributed by atoms with Crippen LogP contribution in [-0.2, 0) is 4.79 Å². The normalized spacial score (nSPS) is 10.6. The number of hydrogen-bond donors (Lipinski definition) is 1. The Kier molecular flexibility index (Phi) is 5.30. The van der Waals surface area contributed by atoms with Crippen LogP contribution in [0, 0.1) is 10.1 Å². The number of carbonyl (C=O) groups is 1. The van der Waals surface area contributed by atoms with Gasteiger partial charge in [-0.2, -0.15) is 0 Å². The van der Waals surface area contributed by atoms with Gasteiger partial charge in [-0.1, -0.05) is 23.7 Å². The van der Waals surface area contributed by atoms with Gasteiger partial charge in [0, 0.05) is 27.7 Å². The fourth-order valence-corrected chi connectivity index (χ4v) is 2.34. The van der Waals surface area contributed by atoms with Gasteiger partial charge in [0.05, 0.1) is 10.6 Å². The zero-order valence-corrected chi connectivity index (χ0v) is 13.5. The first-order chi connectivity index (χ1) is 10.5. The Morgan fingerprint density at radius 1 is 1.27 bits per heavy atom. The number of nitrogens with zero attached hydrogens (tertiary/aromatic N) is 1. The lowest BCUT2D eigenvalue weighted by atomic mass is 10.2. The van der Waals surface area contributed by atoms with Crippen molar-refractivity contribution < 1.29 is 9.72 Å². The fourth-order valence-electron chi connectivity index (χ4n) is 1.68. The second-order valence-electron chi connectivity index (χ2n) is 4.30. The average Bonchev–Trinajstić information content (AvgIpc) is 2.47. The first-order valence-electron chi connectivity index (χ1n) is 6.14. The van der Waals surface area contributed by atoms with Crippen molar-refractivity contribution in [2.45, 2.75) is 0 Å². The van der Waals surface area contributed by atoms with Crippen LogP contribution in [0.3, 0.4) is 0 Å². The number of rotatable bonds is 4. The first-order valence-corrected chi connectivity index (χ1v) is 7.31. The summed E-state index contributed by atoms with van der Waals surface area (Å²) < 4.78 is 0.436. The molecule has 0 aliphatic carbocycles. The third kappa shape index (κ3) is 4.41. The number of nitrogens with one attached hydrogen (secondary N) is 1. The van der Waals surface area contributed by atoms with E-state index < -0.39 is 4.92 Å². The van der Waals surface area contributed by atoms with E-state index in [0.717, 1.165) is 5.56 Å². The van der Waals surface area contributed by atoms with E-state index in [1.54, 1.807) is 24.3 Å². The predicted molar refractivity (Wildman–Crippen MR) is 89.9 cm³/mol.